The lowest BCUT2D eigenvalue weighted by Gasteiger charge is -2.27. The van der Waals surface area contributed by atoms with E-state index >= 15 is 0 Å². The van der Waals surface area contributed by atoms with E-state index in [4.69, 9.17) is 11.6 Å². The lowest BCUT2D eigenvalue weighted by atomic mass is 10.2. The predicted molar refractivity (Wildman–Crippen MR) is 88.5 cm³/mol. The number of hydrogen-bond acceptors (Lipinski definition) is 3. The van der Waals surface area contributed by atoms with E-state index in [0.717, 1.165) is 31.0 Å². The molecule has 0 spiro atoms. The molecule has 0 bridgehead atoms. The number of rotatable bonds is 8. The maximum atomic E-state index is 6.38. The van der Waals surface area contributed by atoms with Crippen molar-refractivity contribution in [2.75, 3.05) is 18.0 Å². The van der Waals surface area contributed by atoms with E-state index < -0.39 is 0 Å². The lowest BCUT2D eigenvalue weighted by Crippen LogP contribution is -2.31. The van der Waals surface area contributed by atoms with E-state index in [1.165, 1.54) is 0 Å². The van der Waals surface area contributed by atoms with Crippen molar-refractivity contribution in [1.82, 2.24) is 10.3 Å². The Kier molecular flexibility index (Phi) is 7.03. The minimum Gasteiger partial charge on any atom is -0.349 e. The molecule has 0 amide bonds. The molecule has 0 radical (unpaired) electrons. The second kappa shape index (κ2) is 8.28. The van der Waals surface area contributed by atoms with Crippen LogP contribution in [0.25, 0.3) is 0 Å². The van der Waals surface area contributed by atoms with Gasteiger partial charge in [-0.1, -0.05) is 31.5 Å². The van der Waals surface area contributed by atoms with Gasteiger partial charge in [-0.25, -0.2) is 4.98 Å². The van der Waals surface area contributed by atoms with Crippen molar-refractivity contribution in [2.24, 2.45) is 5.92 Å². The van der Waals surface area contributed by atoms with Crippen molar-refractivity contribution in [3.05, 3.63) is 35.5 Å². The highest BCUT2D eigenvalue weighted by Crippen LogP contribution is 2.25. The van der Waals surface area contributed by atoms with E-state index in [-0.39, 0.29) is 0 Å². The molecule has 0 atom stereocenters. The zero-order chi connectivity index (χ0) is 15.1. The second-order valence-corrected chi connectivity index (χ2v) is 6.12. The van der Waals surface area contributed by atoms with Crippen LogP contribution in [0.2, 0.25) is 5.02 Å². The van der Waals surface area contributed by atoms with Gasteiger partial charge in [0.15, 0.2) is 0 Å². The van der Waals surface area contributed by atoms with E-state index in [1.54, 1.807) is 0 Å². The molecular weight excluding hydrogens is 270 g/mol. The first-order chi connectivity index (χ1) is 9.45. The first-order valence-corrected chi connectivity index (χ1v) is 7.56. The molecule has 0 fully saturated rings. The molecule has 0 saturated heterocycles. The summed E-state index contributed by atoms with van der Waals surface area (Å²) < 4.78 is 0. The molecule has 4 heteroatoms. The molecule has 3 nitrogen and oxygen atoms in total. The zero-order valence-electron chi connectivity index (χ0n) is 13.0. The normalized spacial score (nSPS) is 11.2. The highest BCUT2D eigenvalue weighted by molar-refractivity contribution is 6.33. The fraction of sp³-hybridized carbons (Fsp3) is 0.562. The van der Waals surface area contributed by atoms with Crippen LogP contribution in [0.5, 0.6) is 0 Å². The SMILES string of the molecule is C=CCN(c1ncc(CNCC(C)C)cc1Cl)C(C)C. The predicted octanol–water partition coefficient (Wildman–Crippen LogP) is 3.88. The number of anilines is 1. The van der Waals surface area contributed by atoms with E-state index in [0.29, 0.717) is 17.0 Å². The zero-order valence-corrected chi connectivity index (χ0v) is 13.7. The van der Waals surface area contributed by atoms with Crippen LogP contribution in [-0.2, 0) is 6.54 Å². The number of halogens is 1. The van der Waals surface area contributed by atoms with Crippen LogP contribution in [0, 0.1) is 5.92 Å². The minimum absolute atomic E-state index is 0.336. The Bertz CT molecular complexity index is 430. The highest BCUT2D eigenvalue weighted by atomic mass is 35.5. The van der Waals surface area contributed by atoms with E-state index in [9.17, 15) is 0 Å². The monoisotopic (exact) mass is 295 g/mol. The lowest BCUT2D eigenvalue weighted by molar-refractivity contribution is 0.552. The van der Waals surface area contributed by atoms with E-state index in [1.807, 2.05) is 18.3 Å². The molecule has 0 aliphatic rings. The van der Waals surface area contributed by atoms with Crippen LogP contribution in [-0.4, -0.2) is 24.1 Å². The van der Waals surface area contributed by atoms with Crippen molar-refractivity contribution in [1.29, 1.82) is 0 Å². The van der Waals surface area contributed by atoms with Crippen LogP contribution < -0.4 is 10.2 Å². The van der Waals surface area contributed by atoms with Gasteiger partial charge in [0.1, 0.15) is 5.82 Å². The quantitative estimate of drug-likeness (QED) is 0.738. The fourth-order valence-electron chi connectivity index (χ4n) is 1.96. The molecule has 0 aliphatic heterocycles. The third-order valence-electron chi connectivity index (χ3n) is 2.98. The summed E-state index contributed by atoms with van der Waals surface area (Å²) in [7, 11) is 0. The summed E-state index contributed by atoms with van der Waals surface area (Å²) in [5, 5.41) is 4.10. The van der Waals surface area contributed by atoms with E-state index in [2.05, 4.69) is 49.5 Å². The molecular formula is C16H26ClN3. The molecule has 0 aliphatic carbocycles. The Morgan fingerprint density at radius 1 is 1.40 bits per heavy atom. The van der Waals surface area contributed by atoms with Gasteiger partial charge in [0.2, 0.25) is 0 Å². The summed E-state index contributed by atoms with van der Waals surface area (Å²) >= 11 is 6.38. The molecule has 0 aromatic carbocycles. The summed E-state index contributed by atoms with van der Waals surface area (Å²) in [6.45, 7) is 15.0. The van der Waals surface area contributed by atoms with Crippen molar-refractivity contribution in [3.63, 3.8) is 0 Å². The second-order valence-electron chi connectivity index (χ2n) is 5.71. The molecule has 1 aromatic heterocycles. The summed E-state index contributed by atoms with van der Waals surface area (Å²) in [6.07, 6.45) is 3.77. The molecule has 0 unspecified atom stereocenters. The molecule has 112 valence electrons. The standard InChI is InChI=1S/C16H26ClN3/c1-6-7-20(13(4)5)16-15(17)8-14(11-19-16)10-18-9-12(2)3/h6,8,11-13,18H,1,7,9-10H2,2-5H3. The van der Waals surface area contributed by atoms with Crippen LogP contribution in [0.4, 0.5) is 5.82 Å². The minimum atomic E-state index is 0.336. The van der Waals surface area contributed by atoms with Crippen LogP contribution >= 0.6 is 11.6 Å². The maximum Gasteiger partial charge on any atom is 0.147 e. The molecule has 0 saturated carbocycles. The summed E-state index contributed by atoms with van der Waals surface area (Å²) in [5.74, 6) is 1.47. The average molecular weight is 296 g/mol. The number of hydrogen-bond donors (Lipinski definition) is 1. The van der Waals surface area contributed by atoms with Crippen LogP contribution in [0.1, 0.15) is 33.3 Å². The van der Waals surface area contributed by atoms with Crippen molar-refractivity contribution in [2.45, 2.75) is 40.3 Å². The maximum absolute atomic E-state index is 6.38. The first-order valence-electron chi connectivity index (χ1n) is 7.18. The summed E-state index contributed by atoms with van der Waals surface area (Å²) in [4.78, 5) is 6.66. The number of pyridine rings is 1. The Morgan fingerprint density at radius 2 is 2.10 bits per heavy atom. The third-order valence-corrected chi connectivity index (χ3v) is 3.26. The van der Waals surface area contributed by atoms with Crippen LogP contribution in [0.15, 0.2) is 24.9 Å². The van der Waals surface area contributed by atoms with Gasteiger partial charge in [-0.05, 0) is 37.9 Å². The van der Waals surface area contributed by atoms with Gasteiger partial charge in [0.05, 0.1) is 5.02 Å². The molecule has 1 rings (SSSR count). The van der Waals surface area contributed by atoms with Crippen molar-refractivity contribution < 1.29 is 0 Å². The molecule has 20 heavy (non-hydrogen) atoms. The molecule has 1 aromatic rings. The molecule has 1 heterocycles. The topological polar surface area (TPSA) is 28.2 Å². The van der Waals surface area contributed by atoms with Gasteiger partial charge < -0.3 is 10.2 Å². The third kappa shape index (κ3) is 5.14. The van der Waals surface area contributed by atoms with Gasteiger partial charge in [0, 0.05) is 25.3 Å². The highest BCUT2D eigenvalue weighted by Gasteiger charge is 2.14. The first kappa shape index (κ1) is 17.0. The Morgan fingerprint density at radius 3 is 2.60 bits per heavy atom. The van der Waals surface area contributed by atoms with Gasteiger partial charge >= 0.3 is 0 Å². The summed E-state index contributed by atoms with van der Waals surface area (Å²) in [5.41, 5.74) is 1.11. The van der Waals surface area contributed by atoms with Gasteiger partial charge in [-0.15, -0.1) is 6.58 Å². The van der Waals surface area contributed by atoms with Crippen molar-refractivity contribution >= 4 is 17.4 Å². The summed E-state index contributed by atoms with van der Waals surface area (Å²) in [6, 6.07) is 2.33. The average Bonchev–Trinajstić information content (AvgIpc) is 2.36. The van der Waals surface area contributed by atoms with Crippen molar-refractivity contribution in [3.8, 4) is 0 Å². The van der Waals surface area contributed by atoms with Gasteiger partial charge in [0.25, 0.3) is 0 Å². The number of nitrogens with one attached hydrogen (secondary N) is 1. The van der Waals surface area contributed by atoms with Gasteiger partial charge in [-0.3, -0.25) is 0 Å². The molecule has 1 N–H and O–H groups in total. The van der Waals surface area contributed by atoms with Crippen LogP contribution in [0.3, 0.4) is 0 Å². The van der Waals surface area contributed by atoms with Gasteiger partial charge in [-0.2, -0.15) is 0 Å². The Balaban J connectivity index is 2.78. The Hall–Kier alpha value is -1.06. The largest absolute Gasteiger partial charge is 0.349 e. The smallest absolute Gasteiger partial charge is 0.147 e. The number of aromatic nitrogens is 1. The fourth-order valence-corrected chi connectivity index (χ4v) is 2.26. The number of nitrogens with zero attached hydrogens (tertiary/aromatic N) is 2. The Labute approximate surface area is 128 Å².